The number of benzene rings is 2. The van der Waals surface area contributed by atoms with Crippen molar-refractivity contribution in [3.63, 3.8) is 0 Å². The van der Waals surface area contributed by atoms with Crippen LogP contribution in [0.1, 0.15) is 85.1 Å². The number of aryl methyl sites for hydroxylation is 2. The molecule has 3 aromatic heterocycles. The van der Waals surface area contributed by atoms with Crippen LogP contribution in [0.4, 0.5) is 0 Å². The Morgan fingerprint density at radius 3 is 2.48 bits per heavy atom. The van der Waals surface area contributed by atoms with Crippen LogP contribution in [0.25, 0.3) is 39.3 Å². The van der Waals surface area contributed by atoms with Crippen LogP contribution in [0.15, 0.2) is 60.3 Å². The van der Waals surface area contributed by atoms with E-state index in [1.165, 1.54) is 23.8 Å². The van der Waals surface area contributed by atoms with Gasteiger partial charge in [0.15, 0.2) is 0 Å². The molecule has 2 N–H and O–H groups in total. The van der Waals surface area contributed by atoms with Crippen LogP contribution in [-0.4, -0.2) is 43.2 Å². The molecule has 7 rings (SSSR count). The molecule has 0 unspecified atom stereocenters. The summed E-state index contributed by atoms with van der Waals surface area (Å²) < 4.78 is 9.71. The number of aliphatic carboxylic acids is 1. The Kier molecular flexibility index (Phi) is 7.42. The largest absolute Gasteiger partial charge is 0.481 e. The average Bonchev–Trinajstić information content (AvgIpc) is 3.76. The number of aromatic nitrogens is 4. The Labute approximate surface area is 267 Å². The molecule has 2 fully saturated rings. The zero-order valence-corrected chi connectivity index (χ0v) is 26.8. The summed E-state index contributed by atoms with van der Waals surface area (Å²) in [6, 6.07) is 15.9. The van der Waals surface area contributed by atoms with Crippen molar-refractivity contribution in [2.45, 2.75) is 63.3 Å². The molecule has 1 amide bonds. The zero-order valence-electron chi connectivity index (χ0n) is 26.8. The van der Waals surface area contributed by atoms with Crippen molar-refractivity contribution in [3.8, 4) is 17.1 Å². The van der Waals surface area contributed by atoms with E-state index in [1.54, 1.807) is 26.3 Å². The number of hydrogen-bond donors (Lipinski definition) is 2. The molecule has 2 aromatic carbocycles. The van der Waals surface area contributed by atoms with Gasteiger partial charge < -0.3 is 24.3 Å². The van der Waals surface area contributed by atoms with Gasteiger partial charge >= 0.3 is 5.97 Å². The Bertz CT molecular complexity index is 2040. The molecule has 0 bridgehead atoms. The van der Waals surface area contributed by atoms with E-state index in [9.17, 15) is 14.7 Å². The number of ether oxygens (including phenoxy) is 1. The number of pyridine rings is 1. The van der Waals surface area contributed by atoms with E-state index in [0.29, 0.717) is 17.4 Å². The maximum absolute atomic E-state index is 14.0. The van der Waals surface area contributed by atoms with Crippen molar-refractivity contribution >= 4 is 39.9 Å². The number of imidazole rings is 1. The molecular weight excluding hydrogens is 578 g/mol. The van der Waals surface area contributed by atoms with Gasteiger partial charge in [-0.15, -0.1) is 0 Å². The quantitative estimate of drug-likeness (QED) is 0.180. The molecule has 0 spiro atoms. The van der Waals surface area contributed by atoms with Crippen LogP contribution in [0.2, 0.25) is 0 Å². The number of carbonyl (C=O) groups is 2. The number of carboxylic acid groups (broad SMARTS) is 1. The monoisotopic (exact) mass is 617 g/mol. The number of methoxy groups -OCH3 is 1. The van der Waals surface area contributed by atoms with Gasteiger partial charge in [0.1, 0.15) is 5.82 Å². The summed E-state index contributed by atoms with van der Waals surface area (Å²) in [4.78, 5) is 34.7. The summed E-state index contributed by atoms with van der Waals surface area (Å²) in [5.74, 6) is 0.799. The first-order valence-corrected chi connectivity index (χ1v) is 16.0. The second-order valence-corrected chi connectivity index (χ2v) is 12.9. The van der Waals surface area contributed by atoms with Gasteiger partial charge in [0, 0.05) is 54.0 Å². The molecule has 2 aliphatic rings. The van der Waals surface area contributed by atoms with Crippen LogP contribution in [0.3, 0.4) is 0 Å². The van der Waals surface area contributed by atoms with Gasteiger partial charge in [-0.25, -0.2) is 14.8 Å². The first-order valence-electron chi connectivity index (χ1n) is 16.0. The second kappa shape index (κ2) is 11.5. The lowest BCUT2D eigenvalue weighted by Crippen LogP contribution is -2.52. The van der Waals surface area contributed by atoms with E-state index < -0.39 is 11.5 Å². The topological polar surface area (TPSA) is 111 Å². The number of nitrogens with one attached hydrogen (secondary N) is 1. The fourth-order valence-corrected chi connectivity index (χ4v) is 7.51. The maximum Gasteiger partial charge on any atom is 0.331 e. The standard InChI is InChI=1S/C37H39N5O4/c1-22(35(44)45)18-23-10-13-28-30(19-23)42(3)36(39-28)37(15-7-16-37)40-34(43)26-11-12-27-29(20-26)41(2)33(32(27)24-8-5-6-9-24)25-14-17-38-31(21-25)46-4/h10-14,17-21,24H,5-9,15-16H2,1-4H3,(H,40,43)(H,44,45). The summed E-state index contributed by atoms with van der Waals surface area (Å²) in [5, 5.41) is 13.9. The van der Waals surface area contributed by atoms with Crippen molar-refractivity contribution in [2.24, 2.45) is 14.1 Å². The molecule has 46 heavy (non-hydrogen) atoms. The molecule has 5 aromatic rings. The maximum atomic E-state index is 14.0. The minimum Gasteiger partial charge on any atom is -0.481 e. The molecule has 9 nitrogen and oxygen atoms in total. The first-order chi connectivity index (χ1) is 22.2. The van der Waals surface area contributed by atoms with Crippen LogP contribution in [0, 0.1) is 0 Å². The number of nitrogens with zero attached hydrogens (tertiary/aromatic N) is 4. The van der Waals surface area contributed by atoms with Crippen molar-refractivity contribution < 1.29 is 19.4 Å². The predicted octanol–water partition coefficient (Wildman–Crippen LogP) is 7.09. The van der Waals surface area contributed by atoms with E-state index in [1.807, 2.05) is 54.1 Å². The Balaban J connectivity index is 1.25. The number of carboxylic acids is 1. The van der Waals surface area contributed by atoms with Gasteiger partial charge in [0.25, 0.3) is 5.91 Å². The number of fused-ring (bicyclic) bond motifs is 2. The summed E-state index contributed by atoms with van der Waals surface area (Å²) in [7, 11) is 5.68. The van der Waals surface area contributed by atoms with E-state index >= 15 is 0 Å². The van der Waals surface area contributed by atoms with E-state index in [4.69, 9.17) is 9.72 Å². The third-order valence-corrected chi connectivity index (χ3v) is 10.1. The van der Waals surface area contributed by atoms with Gasteiger partial charge in [-0.05, 0) is 92.5 Å². The van der Waals surface area contributed by atoms with Crippen LogP contribution < -0.4 is 10.1 Å². The highest BCUT2D eigenvalue weighted by molar-refractivity contribution is 6.01. The first kappa shape index (κ1) is 29.8. The minimum absolute atomic E-state index is 0.120. The summed E-state index contributed by atoms with van der Waals surface area (Å²) >= 11 is 0. The number of carbonyl (C=O) groups excluding carboxylic acids is 1. The second-order valence-electron chi connectivity index (χ2n) is 12.9. The number of hydrogen-bond acceptors (Lipinski definition) is 5. The molecule has 0 atom stereocenters. The van der Waals surface area contributed by atoms with E-state index in [0.717, 1.165) is 71.3 Å². The van der Waals surface area contributed by atoms with Gasteiger partial charge in [0.05, 0.1) is 29.4 Å². The molecule has 0 aliphatic heterocycles. The fourth-order valence-electron chi connectivity index (χ4n) is 7.51. The highest BCUT2D eigenvalue weighted by Crippen LogP contribution is 2.45. The lowest BCUT2D eigenvalue weighted by atomic mass is 9.75. The molecule has 3 heterocycles. The summed E-state index contributed by atoms with van der Waals surface area (Å²) in [6.45, 7) is 1.58. The van der Waals surface area contributed by atoms with E-state index in [2.05, 4.69) is 28.0 Å². The molecular formula is C37H39N5O4. The fraction of sp³-hybridized carbons (Fsp3) is 0.351. The van der Waals surface area contributed by atoms with Gasteiger partial charge in [-0.3, -0.25) is 4.79 Å². The highest BCUT2D eigenvalue weighted by Gasteiger charge is 2.44. The molecule has 9 heteroatoms. The van der Waals surface area contributed by atoms with E-state index in [-0.39, 0.29) is 11.5 Å². The molecule has 236 valence electrons. The summed E-state index contributed by atoms with van der Waals surface area (Å²) in [5.41, 5.74) is 7.41. The molecule has 2 aliphatic carbocycles. The highest BCUT2D eigenvalue weighted by atomic mass is 16.5. The third kappa shape index (κ3) is 4.94. The van der Waals surface area contributed by atoms with Crippen LogP contribution in [0.5, 0.6) is 5.88 Å². The normalized spacial score (nSPS) is 16.6. The number of amides is 1. The number of rotatable bonds is 8. The van der Waals surface area contributed by atoms with Gasteiger partial charge in [-0.2, -0.15) is 0 Å². The Morgan fingerprint density at radius 1 is 1.00 bits per heavy atom. The summed E-state index contributed by atoms with van der Waals surface area (Å²) in [6.07, 6.45) is 10.8. The lowest BCUT2D eigenvalue weighted by molar-refractivity contribution is -0.132. The Morgan fingerprint density at radius 2 is 1.78 bits per heavy atom. The SMILES string of the molecule is COc1cc(-c2c(C3CCCC3)c3ccc(C(=O)NC4(c5nc6ccc(C=C(C)C(=O)O)cc6n5C)CCC4)cc3n2C)ccn1. The minimum atomic E-state index is -0.945. The molecule has 2 saturated carbocycles. The van der Waals surface area contributed by atoms with Crippen molar-refractivity contribution in [2.75, 3.05) is 7.11 Å². The molecule has 0 radical (unpaired) electrons. The van der Waals surface area contributed by atoms with Crippen LogP contribution in [-0.2, 0) is 24.4 Å². The van der Waals surface area contributed by atoms with Gasteiger partial charge in [0.2, 0.25) is 5.88 Å². The van der Waals surface area contributed by atoms with Crippen molar-refractivity contribution in [3.05, 3.63) is 82.8 Å². The van der Waals surface area contributed by atoms with Crippen molar-refractivity contribution in [1.29, 1.82) is 0 Å². The smallest absolute Gasteiger partial charge is 0.331 e. The van der Waals surface area contributed by atoms with Gasteiger partial charge in [-0.1, -0.05) is 25.0 Å². The Hall–Kier alpha value is -4.92. The average molecular weight is 618 g/mol. The van der Waals surface area contributed by atoms with Crippen molar-refractivity contribution in [1.82, 2.24) is 24.4 Å². The predicted molar refractivity (Wildman–Crippen MR) is 179 cm³/mol. The third-order valence-electron chi connectivity index (χ3n) is 10.1. The zero-order chi connectivity index (χ0) is 32.2. The lowest BCUT2D eigenvalue weighted by Gasteiger charge is -2.41. The van der Waals surface area contributed by atoms with Crippen LogP contribution >= 0.6 is 0 Å². The molecule has 0 saturated heterocycles.